The van der Waals surface area contributed by atoms with Crippen molar-refractivity contribution in [2.24, 2.45) is 0 Å². The fraction of sp³-hybridized carbons (Fsp3) is 0.250. The fourth-order valence-electron chi connectivity index (χ4n) is 3.64. The average molecular weight is 405 g/mol. The molecule has 0 fully saturated rings. The maximum atomic E-state index is 13.0. The van der Waals surface area contributed by atoms with Gasteiger partial charge in [-0.2, -0.15) is 0 Å². The van der Waals surface area contributed by atoms with Crippen molar-refractivity contribution in [1.82, 2.24) is 4.57 Å². The number of esters is 1. The van der Waals surface area contributed by atoms with Crippen LogP contribution in [0.2, 0.25) is 0 Å². The van der Waals surface area contributed by atoms with Gasteiger partial charge in [0.2, 0.25) is 11.9 Å². The van der Waals surface area contributed by atoms with Gasteiger partial charge in [0.15, 0.2) is 17.6 Å². The molecule has 2 aromatic carbocycles. The molecule has 0 saturated carbocycles. The van der Waals surface area contributed by atoms with E-state index in [1.54, 1.807) is 25.1 Å². The lowest BCUT2D eigenvalue weighted by Gasteiger charge is -2.25. The first-order valence-electron chi connectivity index (χ1n) is 9.83. The topological polar surface area (TPSA) is 66.8 Å². The van der Waals surface area contributed by atoms with Crippen LogP contribution in [0.5, 0.6) is 11.5 Å². The quantitative estimate of drug-likeness (QED) is 0.473. The molecule has 6 nitrogen and oxygen atoms in total. The highest BCUT2D eigenvalue weighted by Crippen LogP contribution is 2.31. The van der Waals surface area contributed by atoms with Crippen molar-refractivity contribution in [3.63, 3.8) is 0 Å². The Morgan fingerprint density at radius 1 is 1.03 bits per heavy atom. The Labute approximate surface area is 175 Å². The van der Waals surface area contributed by atoms with Gasteiger partial charge in [-0.3, -0.25) is 4.79 Å². The van der Waals surface area contributed by atoms with E-state index in [4.69, 9.17) is 14.2 Å². The molecule has 2 atom stereocenters. The smallest absolute Gasteiger partial charge is 0.351 e. The number of aromatic nitrogens is 1. The molecule has 0 amide bonds. The number of carbonyl (C=O) groups is 2. The number of Topliss-reactive ketones (excluding diaryl/α,β-unsaturated/α-hetero) is 1. The van der Waals surface area contributed by atoms with Crippen LogP contribution in [0, 0.1) is 13.8 Å². The highest BCUT2D eigenvalue weighted by atomic mass is 16.6. The van der Waals surface area contributed by atoms with Crippen LogP contribution in [0.3, 0.4) is 0 Å². The molecule has 1 aromatic heterocycles. The number of hydrogen-bond acceptors (Lipinski definition) is 5. The number of benzene rings is 2. The summed E-state index contributed by atoms with van der Waals surface area (Å²) >= 11 is 0. The summed E-state index contributed by atoms with van der Waals surface area (Å²) in [4.78, 5) is 25.6. The van der Waals surface area contributed by atoms with Gasteiger partial charge in [-0.05, 0) is 51.1 Å². The Morgan fingerprint density at radius 3 is 2.43 bits per heavy atom. The number of fused-ring (bicyclic) bond motifs is 1. The van der Waals surface area contributed by atoms with Crippen molar-refractivity contribution in [3.8, 4) is 17.2 Å². The highest BCUT2D eigenvalue weighted by molar-refractivity contribution is 6.01. The number of aryl methyl sites for hydroxylation is 1. The van der Waals surface area contributed by atoms with E-state index in [2.05, 4.69) is 0 Å². The maximum Gasteiger partial charge on any atom is 0.351 e. The molecule has 0 spiro atoms. The van der Waals surface area contributed by atoms with Crippen molar-refractivity contribution >= 4 is 11.8 Å². The third-order valence-electron chi connectivity index (χ3n) is 5.14. The zero-order valence-electron chi connectivity index (χ0n) is 17.1. The number of hydrogen-bond donors (Lipinski definition) is 0. The zero-order chi connectivity index (χ0) is 21.3. The van der Waals surface area contributed by atoms with E-state index in [9.17, 15) is 9.59 Å². The van der Waals surface area contributed by atoms with Gasteiger partial charge in [-0.1, -0.05) is 30.3 Å². The summed E-state index contributed by atoms with van der Waals surface area (Å²) in [5.74, 6) is 0.188. The lowest BCUT2D eigenvalue weighted by molar-refractivity contribution is -0.157. The van der Waals surface area contributed by atoms with Crippen LogP contribution in [0.15, 0.2) is 60.7 Å². The molecule has 0 saturated heterocycles. The zero-order valence-corrected chi connectivity index (χ0v) is 17.1. The minimum absolute atomic E-state index is 0.0409. The van der Waals surface area contributed by atoms with Gasteiger partial charge in [-0.15, -0.1) is 0 Å². The number of rotatable bonds is 5. The lowest BCUT2D eigenvalue weighted by atomic mass is 10.1. The Balaban J connectivity index is 1.48. The summed E-state index contributed by atoms with van der Waals surface area (Å²) in [6.45, 7) is 5.45. The summed E-state index contributed by atoms with van der Waals surface area (Å²) in [6, 6.07) is 18.7. The summed E-state index contributed by atoms with van der Waals surface area (Å²) in [6.07, 6.45) is -1.85. The van der Waals surface area contributed by atoms with Crippen LogP contribution in [0.25, 0.3) is 5.69 Å². The molecule has 1 aliphatic rings. The second-order valence-corrected chi connectivity index (χ2v) is 7.26. The minimum Gasteiger partial charge on any atom is -0.485 e. The van der Waals surface area contributed by atoms with E-state index >= 15 is 0 Å². The van der Waals surface area contributed by atoms with Crippen molar-refractivity contribution in [3.05, 3.63) is 77.6 Å². The summed E-state index contributed by atoms with van der Waals surface area (Å²) in [7, 11) is 0. The van der Waals surface area contributed by atoms with E-state index in [1.165, 1.54) is 0 Å². The SMILES string of the molecule is Cc1cc(C(=O)[C@H](C)OC(=O)[C@H]2COc3ccccc3O2)c(C)n1-c1ccccc1. The molecule has 0 aliphatic carbocycles. The minimum atomic E-state index is -0.942. The van der Waals surface area contributed by atoms with Crippen LogP contribution in [-0.4, -0.2) is 35.1 Å². The summed E-state index contributed by atoms with van der Waals surface area (Å²) < 4.78 is 18.7. The largest absolute Gasteiger partial charge is 0.485 e. The van der Waals surface area contributed by atoms with Crippen molar-refractivity contribution < 1.29 is 23.8 Å². The first kappa shape index (κ1) is 19.8. The second kappa shape index (κ2) is 8.06. The van der Waals surface area contributed by atoms with Crippen molar-refractivity contribution in [1.29, 1.82) is 0 Å². The average Bonchev–Trinajstić information content (AvgIpc) is 3.07. The molecule has 0 N–H and O–H groups in total. The third-order valence-corrected chi connectivity index (χ3v) is 5.14. The summed E-state index contributed by atoms with van der Waals surface area (Å²) in [5, 5.41) is 0. The van der Waals surface area contributed by atoms with E-state index in [0.29, 0.717) is 17.1 Å². The first-order chi connectivity index (χ1) is 14.5. The molecular formula is C24H23NO5. The Kier molecular flexibility index (Phi) is 5.31. The summed E-state index contributed by atoms with van der Waals surface area (Å²) in [5.41, 5.74) is 3.24. The number of carbonyl (C=O) groups excluding carboxylic acids is 2. The van der Waals surface area contributed by atoms with Gasteiger partial charge in [0.05, 0.1) is 0 Å². The number of ether oxygens (including phenoxy) is 3. The molecular weight excluding hydrogens is 382 g/mol. The molecule has 6 heteroatoms. The van der Waals surface area contributed by atoms with Gasteiger partial charge < -0.3 is 18.8 Å². The van der Waals surface area contributed by atoms with Crippen LogP contribution in [-0.2, 0) is 9.53 Å². The molecule has 0 radical (unpaired) electrons. The third kappa shape index (κ3) is 3.68. The predicted octanol–water partition coefficient (Wildman–Crippen LogP) is 4.05. The number of ketones is 1. The van der Waals surface area contributed by atoms with E-state index in [-0.39, 0.29) is 12.4 Å². The van der Waals surface area contributed by atoms with Gasteiger partial charge in [0.1, 0.15) is 6.61 Å². The van der Waals surface area contributed by atoms with Gasteiger partial charge in [0.25, 0.3) is 0 Å². The van der Waals surface area contributed by atoms with Crippen LogP contribution in [0.1, 0.15) is 28.7 Å². The van der Waals surface area contributed by atoms with Gasteiger partial charge in [-0.25, -0.2) is 4.79 Å². The molecule has 154 valence electrons. The standard InChI is InChI=1S/C24H23NO5/c1-15-13-19(16(2)25(15)18-9-5-4-6-10-18)23(26)17(3)29-24(27)22-14-28-20-11-7-8-12-21(20)30-22/h4-13,17,22H,14H2,1-3H3/t17-,22+/m0/s1. The van der Waals surface area contributed by atoms with Crippen LogP contribution in [0.4, 0.5) is 0 Å². The van der Waals surface area contributed by atoms with Crippen LogP contribution >= 0.6 is 0 Å². The highest BCUT2D eigenvalue weighted by Gasteiger charge is 2.32. The lowest BCUT2D eigenvalue weighted by Crippen LogP contribution is -2.40. The Bertz CT molecular complexity index is 1090. The molecule has 30 heavy (non-hydrogen) atoms. The number of para-hydroxylation sites is 3. The van der Waals surface area contributed by atoms with E-state index in [1.807, 2.05) is 60.9 Å². The van der Waals surface area contributed by atoms with E-state index < -0.39 is 18.2 Å². The molecule has 3 aromatic rings. The molecule has 4 rings (SSSR count). The monoisotopic (exact) mass is 405 g/mol. The maximum absolute atomic E-state index is 13.0. The fourth-order valence-corrected chi connectivity index (χ4v) is 3.64. The first-order valence-corrected chi connectivity index (χ1v) is 9.83. The molecule has 2 heterocycles. The predicted molar refractivity (Wildman–Crippen MR) is 111 cm³/mol. The van der Waals surface area contributed by atoms with E-state index in [0.717, 1.165) is 17.1 Å². The van der Waals surface area contributed by atoms with Crippen LogP contribution < -0.4 is 9.47 Å². The van der Waals surface area contributed by atoms with Gasteiger partial charge >= 0.3 is 5.97 Å². The van der Waals surface area contributed by atoms with Crippen molar-refractivity contribution in [2.75, 3.05) is 6.61 Å². The molecule has 0 bridgehead atoms. The Morgan fingerprint density at radius 2 is 1.70 bits per heavy atom. The Hall–Kier alpha value is -3.54. The molecule has 1 aliphatic heterocycles. The second-order valence-electron chi connectivity index (χ2n) is 7.26. The van der Waals surface area contributed by atoms with Gasteiger partial charge in [0, 0.05) is 22.6 Å². The molecule has 0 unspecified atom stereocenters. The van der Waals surface area contributed by atoms with Crippen molar-refractivity contribution in [2.45, 2.75) is 33.0 Å². The normalized spacial score (nSPS) is 16.0. The number of nitrogens with zero attached hydrogens (tertiary/aromatic N) is 1.